The van der Waals surface area contributed by atoms with Crippen LogP contribution in [0.25, 0.3) is 0 Å². The van der Waals surface area contributed by atoms with Gasteiger partial charge in [0.1, 0.15) is 0 Å². The van der Waals surface area contributed by atoms with Crippen molar-refractivity contribution in [2.24, 2.45) is 0 Å². The Kier molecular flexibility index (Phi) is 7.20. The molecular formula is C15H31NO2. The van der Waals surface area contributed by atoms with Gasteiger partial charge in [-0.25, -0.2) is 0 Å². The van der Waals surface area contributed by atoms with Crippen LogP contribution in [-0.4, -0.2) is 37.5 Å². The Bertz CT molecular complexity index is 205. The van der Waals surface area contributed by atoms with Crippen LogP contribution in [0.1, 0.15) is 59.8 Å². The predicted molar refractivity (Wildman–Crippen MR) is 76.0 cm³/mol. The number of hydrogen-bond acceptors (Lipinski definition) is 3. The monoisotopic (exact) mass is 257 g/mol. The Labute approximate surface area is 113 Å². The largest absolute Gasteiger partial charge is 0.376 e. The van der Waals surface area contributed by atoms with Gasteiger partial charge in [-0.1, -0.05) is 6.92 Å². The molecule has 0 radical (unpaired) electrons. The summed E-state index contributed by atoms with van der Waals surface area (Å²) in [6, 6.07) is 0.718. The molecular weight excluding hydrogens is 226 g/mol. The van der Waals surface area contributed by atoms with E-state index in [2.05, 4.69) is 33.0 Å². The first-order valence-electron chi connectivity index (χ1n) is 7.50. The van der Waals surface area contributed by atoms with E-state index in [9.17, 15) is 0 Å². The standard InChI is InChI=1S/C15H31NO2/c1-5-10-16-13-6-8-14(9-7-13)17-11-12-18-15(2,3)4/h13-14,16H,5-12H2,1-4H3. The van der Waals surface area contributed by atoms with Gasteiger partial charge in [-0.15, -0.1) is 0 Å². The molecule has 0 atom stereocenters. The lowest BCUT2D eigenvalue weighted by atomic mass is 9.93. The van der Waals surface area contributed by atoms with Crippen LogP contribution < -0.4 is 5.32 Å². The molecule has 3 nitrogen and oxygen atoms in total. The Morgan fingerprint density at radius 1 is 1.06 bits per heavy atom. The molecule has 0 aliphatic heterocycles. The summed E-state index contributed by atoms with van der Waals surface area (Å²) in [6.45, 7) is 11.0. The van der Waals surface area contributed by atoms with Crippen molar-refractivity contribution >= 4 is 0 Å². The van der Waals surface area contributed by atoms with Crippen molar-refractivity contribution in [2.75, 3.05) is 19.8 Å². The molecule has 0 heterocycles. The van der Waals surface area contributed by atoms with Gasteiger partial charge in [0, 0.05) is 6.04 Å². The molecule has 0 amide bonds. The van der Waals surface area contributed by atoms with Crippen LogP contribution in [0.5, 0.6) is 0 Å². The molecule has 1 fully saturated rings. The summed E-state index contributed by atoms with van der Waals surface area (Å²) in [4.78, 5) is 0. The van der Waals surface area contributed by atoms with Crippen LogP contribution in [0.4, 0.5) is 0 Å². The molecule has 0 unspecified atom stereocenters. The van der Waals surface area contributed by atoms with Crippen molar-refractivity contribution in [3.05, 3.63) is 0 Å². The predicted octanol–water partition coefficient (Wildman–Crippen LogP) is 3.13. The fraction of sp³-hybridized carbons (Fsp3) is 1.00. The zero-order chi connectivity index (χ0) is 13.4. The maximum atomic E-state index is 5.88. The molecule has 1 rings (SSSR count). The van der Waals surface area contributed by atoms with Gasteiger partial charge in [0.2, 0.25) is 0 Å². The molecule has 0 bridgehead atoms. The summed E-state index contributed by atoms with van der Waals surface area (Å²) < 4.78 is 11.5. The zero-order valence-corrected chi connectivity index (χ0v) is 12.6. The summed E-state index contributed by atoms with van der Waals surface area (Å²) in [6.07, 6.45) is 6.57. The van der Waals surface area contributed by atoms with E-state index in [1.165, 1.54) is 32.1 Å². The van der Waals surface area contributed by atoms with Crippen molar-refractivity contribution < 1.29 is 9.47 Å². The average Bonchev–Trinajstić information content (AvgIpc) is 2.32. The first kappa shape index (κ1) is 15.9. The highest BCUT2D eigenvalue weighted by molar-refractivity contribution is 4.77. The third-order valence-electron chi connectivity index (χ3n) is 3.33. The molecule has 0 saturated heterocycles. The highest BCUT2D eigenvalue weighted by Crippen LogP contribution is 2.21. The van der Waals surface area contributed by atoms with Gasteiger partial charge >= 0.3 is 0 Å². The molecule has 1 N–H and O–H groups in total. The van der Waals surface area contributed by atoms with Crippen molar-refractivity contribution in [1.82, 2.24) is 5.32 Å². The lowest BCUT2D eigenvalue weighted by Gasteiger charge is -2.29. The number of ether oxygens (including phenoxy) is 2. The van der Waals surface area contributed by atoms with Crippen LogP contribution in [0, 0.1) is 0 Å². The molecule has 18 heavy (non-hydrogen) atoms. The van der Waals surface area contributed by atoms with Crippen LogP contribution in [-0.2, 0) is 9.47 Å². The number of hydrogen-bond donors (Lipinski definition) is 1. The fourth-order valence-corrected chi connectivity index (χ4v) is 2.34. The Morgan fingerprint density at radius 2 is 1.72 bits per heavy atom. The van der Waals surface area contributed by atoms with Gasteiger partial charge in [-0.2, -0.15) is 0 Å². The van der Waals surface area contributed by atoms with E-state index < -0.39 is 0 Å². The SMILES string of the molecule is CCCNC1CCC(OCCOC(C)(C)C)CC1. The first-order valence-corrected chi connectivity index (χ1v) is 7.50. The average molecular weight is 257 g/mol. The van der Waals surface area contributed by atoms with Crippen molar-refractivity contribution in [2.45, 2.75) is 77.5 Å². The Hall–Kier alpha value is -0.120. The molecule has 0 spiro atoms. The summed E-state index contributed by atoms with van der Waals surface area (Å²) in [5, 5.41) is 3.60. The minimum atomic E-state index is -0.0505. The van der Waals surface area contributed by atoms with Gasteiger partial charge in [-0.3, -0.25) is 0 Å². The van der Waals surface area contributed by atoms with Gasteiger partial charge < -0.3 is 14.8 Å². The molecule has 108 valence electrons. The molecule has 0 aromatic rings. The highest BCUT2D eigenvalue weighted by Gasteiger charge is 2.21. The normalized spacial score (nSPS) is 25.3. The van der Waals surface area contributed by atoms with Gasteiger partial charge in [0.05, 0.1) is 24.9 Å². The topological polar surface area (TPSA) is 30.5 Å². The second-order valence-electron chi connectivity index (χ2n) is 6.26. The van der Waals surface area contributed by atoms with Crippen molar-refractivity contribution in [3.8, 4) is 0 Å². The van der Waals surface area contributed by atoms with Crippen molar-refractivity contribution in [3.63, 3.8) is 0 Å². The van der Waals surface area contributed by atoms with E-state index in [-0.39, 0.29) is 5.60 Å². The quantitative estimate of drug-likeness (QED) is 0.711. The van der Waals surface area contributed by atoms with Gasteiger partial charge in [-0.05, 0) is 59.4 Å². The Balaban J connectivity index is 2.02. The van der Waals surface area contributed by atoms with Gasteiger partial charge in [0.15, 0.2) is 0 Å². The van der Waals surface area contributed by atoms with Crippen molar-refractivity contribution in [1.29, 1.82) is 0 Å². The van der Waals surface area contributed by atoms with Gasteiger partial charge in [0.25, 0.3) is 0 Å². The second-order valence-corrected chi connectivity index (χ2v) is 6.26. The summed E-state index contributed by atoms with van der Waals surface area (Å²) in [7, 11) is 0. The van der Waals surface area contributed by atoms with E-state index >= 15 is 0 Å². The molecule has 1 aliphatic carbocycles. The second kappa shape index (κ2) is 8.13. The lowest BCUT2D eigenvalue weighted by Crippen LogP contribution is -2.36. The third-order valence-corrected chi connectivity index (χ3v) is 3.33. The molecule has 3 heteroatoms. The van der Waals surface area contributed by atoms with Crippen LogP contribution in [0.3, 0.4) is 0 Å². The number of rotatable bonds is 7. The van der Waals surface area contributed by atoms with E-state index in [1.807, 2.05) is 0 Å². The third kappa shape index (κ3) is 7.34. The first-order chi connectivity index (χ1) is 8.51. The molecule has 0 aromatic carbocycles. The van der Waals surface area contributed by atoms with E-state index in [4.69, 9.17) is 9.47 Å². The highest BCUT2D eigenvalue weighted by atomic mass is 16.5. The van der Waals surface area contributed by atoms with E-state index in [0.29, 0.717) is 12.7 Å². The van der Waals surface area contributed by atoms with Crippen LogP contribution >= 0.6 is 0 Å². The maximum Gasteiger partial charge on any atom is 0.0707 e. The summed E-state index contributed by atoms with van der Waals surface area (Å²) >= 11 is 0. The summed E-state index contributed by atoms with van der Waals surface area (Å²) in [5.74, 6) is 0. The minimum Gasteiger partial charge on any atom is -0.376 e. The molecule has 0 aromatic heterocycles. The summed E-state index contributed by atoms with van der Waals surface area (Å²) in [5.41, 5.74) is -0.0505. The molecule has 1 saturated carbocycles. The van der Waals surface area contributed by atoms with E-state index in [0.717, 1.165) is 19.2 Å². The fourth-order valence-electron chi connectivity index (χ4n) is 2.34. The smallest absolute Gasteiger partial charge is 0.0707 e. The van der Waals surface area contributed by atoms with Crippen LogP contribution in [0.15, 0.2) is 0 Å². The lowest BCUT2D eigenvalue weighted by molar-refractivity contribution is -0.0588. The Morgan fingerprint density at radius 3 is 2.28 bits per heavy atom. The maximum absolute atomic E-state index is 5.88. The minimum absolute atomic E-state index is 0.0505. The van der Waals surface area contributed by atoms with Crippen LogP contribution in [0.2, 0.25) is 0 Å². The van der Waals surface area contributed by atoms with E-state index in [1.54, 1.807) is 0 Å². The zero-order valence-electron chi connectivity index (χ0n) is 12.6. The number of nitrogens with one attached hydrogen (secondary N) is 1. The molecule has 1 aliphatic rings.